The van der Waals surface area contributed by atoms with Gasteiger partial charge in [0.1, 0.15) is 6.61 Å². The third kappa shape index (κ3) is 4.83. The molecule has 0 spiro atoms. The first-order chi connectivity index (χ1) is 13.6. The van der Waals surface area contributed by atoms with Crippen LogP contribution in [0.2, 0.25) is 0 Å². The summed E-state index contributed by atoms with van der Waals surface area (Å²) in [5.74, 6) is -0.841. The molecule has 1 amide bonds. The van der Waals surface area contributed by atoms with Crippen LogP contribution in [0, 0.1) is 0 Å². The molecule has 1 saturated heterocycles. The lowest BCUT2D eigenvalue weighted by Crippen LogP contribution is -2.29. The minimum Gasteiger partial charge on any atom is -0.463 e. The smallest absolute Gasteiger partial charge is 0.338 e. The molecule has 7 nitrogen and oxygen atoms in total. The second-order valence-corrected chi connectivity index (χ2v) is 6.84. The molecule has 146 valence electrons. The first-order valence-corrected chi connectivity index (χ1v) is 9.79. The van der Waals surface area contributed by atoms with E-state index in [0.29, 0.717) is 10.6 Å². The second-order valence-electron chi connectivity index (χ2n) is 5.84. The summed E-state index contributed by atoms with van der Waals surface area (Å²) in [6.07, 6.45) is 5.13. The van der Waals surface area contributed by atoms with Crippen LogP contribution in [-0.2, 0) is 19.1 Å². The molecule has 0 aliphatic carbocycles. The maximum absolute atomic E-state index is 12.2. The number of aromatic nitrogens is 1. The molecule has 3 rings (SSSR count). The number of hydrogen-bond acceptors (Lipinski definition) is 6. The van der Waals surface area contributed by atoms with Crippen molar-refractivity contribution in [2.24, 2.45) is 0 Å². The number of nitrogens with zero attached hydrogens (tertiary/aromatic N) is 2. The molecule has 28 heavy (non-hydrogen) atoms. The fourth-order valence-electron chi connectivity index (χ4n) is 2.64. The van der Waals surface area contributed by atoms with Crippen molar-refractivity contribution in [2.45, 2.75) is 6.92 Å². The highest BCUT2D eigenvalue weighted by Crippen LogP contribution is 2.28. The molecule has 2 aromatic rings. The van der Waals surface area contributed by atoms with E-state index in [2.05, 4.69) is 0 Å². The zero-order chi connectivity index (χ0) is 19.9. The Morgan fingerprint density at radius 2 is 1.86 bits per heavy atom. The predicted octanol–water partition coefficient (Wildman–Crippen LogP) is 2.61. The zero-order valence-electron chi connectivity index (χ0n) is 15.4. The minimum atomic E-state index is -0.496. The van der Waals surface area contributed by atoms with Gasteiger partial charge in [-0.2, -0.15) is 0 Å². The maximum Gasteiger partial charge on any atom is 0.338 e. The van der Waals surface area contributed by atoms with Crippen LogP contribution >= 0.6 is 11.8 Å². The van der Waals surface area contributed by atoms with Crippen LogP contribution in [0.4, 0.5) is 0 Å². The van der Waals surface area contributed by atoms with Crippen LogP contribution in [0.5, 0.6) is 0 Å². The first-order valence-electron chi connectivity index (χ1n) is 8.80. The van der Waals surface area contributed by atoms with Crippen LogP contribution in [0.15, 0.2) is 59.9 Å². The van der Waals surface area contributed by atoms with Gasteiger partial charge in [-0.15, -0.1) is 0 Å². The van der Waals surface area contributed by atoms with Crippen LogP contribution in [-0.4, -0.2) is 52.8 Å². The molecule has 1 aliphatic heterocycles. The number of ether oxygens (including phenoxy) is 2. The largest absolute Gasteiger partial charge is 0.463 e. The number of carbonyl (C=O) groups is 3. The molecule has 1 aromatic carbocycles. The molecule has 1 aromatic heterocycles. The number of carbonyl (C=O) groups excluding carboxylic acids is 3. The summed E-state index contributed by atoms with van der Waals surface area (Å²) in [7, 11) is 0. The number of rotatable bonds is 7. The van der Waals surface area contributed by atoms with Crippen LogP contribution in [0.3, 0.4) is 0 Å². The van der Waals surface area contributed by atoms with Gasteiger partial charge in [0.25, 0.3) is 0 Å². The standard InChI is InChI=1S/C20H20N2O5S/c1-2-26-19(24)13-18-22(17(23)14-28-18)11-12-27-20(25)15-5-7-16(8-6-15)21-9-3-4-10-21/h3-10,13H,2,11-12,14H2,1H3/b18-13-. The van der Waals surface area contributed by atoms with Gasteiger partial charge in [-0.25, -0.2) is 9.59 Å². The Balaban J connectivity index is 1.54. The normalized spacial score (nSPS) is 15.1. The monoisotopic (exact) mass is 400 g/mol. The average molecular weight is 400 g/mol. The van der Waals surface area contributed by atoms with E-state index in [4.69, 9.17) is 9.47 Å². The van der Waals surface area contributed by atoms with Crippen molar-refractivity contribution in [3.05, 3.63) is 65.5 Å². The van der Waals surface area contributed by atoms with Crippen LogP contribution in [0.25, 0.3) is 5.69 Å². The van der Waals surface area contributed by atoms with Gasteiger partial charge in [-0.3, -0.25) is 4.79 Å². The third-order valence-electron chi connectivity index (χ3n) is 3.99. The molecule has 0 bridgehead atoms. The topological polar surface area (TPSA) is 77.8 Å². The molecule has 2 heterocycles. The van der Waals surface area contributed by atoms with Crippen molar-refractivity contribution in [3.63, 3.8) is 0 Å². The van der Waals surface area contributed by atoms with Gasteiger partial charge in [-0.1, -0.05) is 11.8 Å². The summed E-state index contributed by atoms with van der Waals surface area (Å²) < 4.78 is 12.1. The van der Waals surface area contributed by atoms with E-state index in [0.717, 1.165) is 5.69 Å². The van der Waals surface area contributed by atoms with Crippen molar-refractivity contribution < 1.29 is 23.9 Å². The van der Waals surface area contributed by atoms with Crippen molar-refractivity contribution in [3.8, 4) is 5.69 Å². The fourth-order valence-corrected chi connectivity index (χ4v) is 3.60. The number of thioether (sulfide) groups is 1. The summed E-state index contributed by atoms with van der Waals surface area (Å²) >= 11 is 1.26. The van der Waals surface area contributed by atoms with Gasteiger partial charge in [0, 0.05) is 18.1 Å². The molecule has 1 fully saturated rings. The lowest BCUT2D eigenvalue weighted by Gasteiger charge is -2.16. The van der Waals surface area contributed by atoms with Gasteiger partial charge >= 0.3 is 11.9 Å². The predicted molar refractivity (Wildman–Crippen MR) is 105 cm³/mol. The lowest BCUT2D eigenvalue weighted by atomic mass is 10.2. The molecular weight excluding hydrogens is 380 g/mol. The molecule has 8 heteroatoms. The van der Waals surface area contributed by atoms with Crippen LogP contribution in [0.1, 0.15) is 17.3 Å². The van der Waals surface area contributed by atoms with Crippen molar-refractivity contribution >= 4 is 29.6 Å². The van der Waals surface area contributed by atoms with E-state index in [-0.39, 0.29) is 31.4 Å². The maximum atomic E-state index is 12.2. The molecule has 0 saturated carbocycles. The van der Waals surface area contributed by atoms with E-state index in [9.17, 15) is 14.4 Å². The highest BCUT2D eigenvalue weighted by atomic mass is 32.2. The number of benzene rings is 1. The Morgan fingerprint density at radius 1 is 1.14 bits per heavy atom. The summed E-state index contributed by atoms with van der Waals surface area (Å²) in [5.41, 5.74) is 1.37. The van der Waals surface area contributed by atoms with Gasteiger partial charge in [0.15, 0.2) is 0 Å². The fraction of sp³-hybridized carbons (Fsp3) is 0.250. The SMILES string of the molecule is CCOC(=O)/C=C1\SCC(=O)N1CCOC(=O)c1ccc(-n2cccc2)cc1. The number of esters is 2. The van der Waals surface area contributed by atoms with Crippen molar-refractivity contribution in [2.75, 3.05) is 25.5 Å². The quantitative estimate of drug-likeness (QED) is 0.525. The Hall–Kier alpha value is -3.00. The Labute approximate surface area is 166 Å². The number of hydrogen-bond donors (Lipinski definition) is 0. The van der Waals surface area contributed by atoms with Crippen molar-refractivity contribution in [1.29, 1.82) is 0 Å². The summed E-state index contributed by atoms with van der Waals surface area (Å²) in [4.78, 5) is 37.2. The van der Waals surface area contributed by atoms with E-state index < -0.39 is 11.9 Å². The van der Waals surface area contributed by atoms with Gasteiger partial charge in [0.05, 0.1) is 35.6 Å². The molecule has 0 unspecified atom stereocenters. The molecule has 1 aliphatic rings. The van der Waals surface area contributed by atoms with Gasteiger partial charge < -0.3 is 18.9 Å². The molecular formula is C20H20N2O5S. The second kappa shape index (κ2) is 9.27. The average Bonchev–Trinajstić information content (AvgIpc) is 3.34. The highest BCUT2D eigenvalue weighted by Gasteiger charge is 2.27. The minimum absolute atomic E-state index is 0.0324. The number of amides is 1. The zero-order valence-corrected chi connectivity index (χ0v) is 16.2. The Kier molecular flexibility index (Phi) is 6.54. The summed E-state index contributed by atoms with van der Waals surface area (Å²) in [6.45, 7) is 2.20. The molecule has 0 atom stereocenters. The van der Waals surface area contributed by atoms with Crippen LogP contribution < -0.4 is 0 Å². The van der Waals surface area contributed by atoms with E-state index in [1.165, 1.54) is 22.7 Å². The summed E-state index contributed by atoms with van der Waals surface area (Å²) in [5, 5.41) is 0.510. The highest BCUT2D eigenvalue weighted by molar-refractivity contribution is 8.04. The summed E-state index contributed by atoms with van der Waals surface area (Å²) in [6, 6.07) is 10.9. The van der Waals surface area contributed by atoms with Crippen molar-refractivity contribution in [1.82, 2.24) is 9.47 Å². The Bertz CT molecular complexity index is 875. The molecule has 0 radical (unpaired) electrons. The lowest BCUT2D eigenvalue weighted by molar-refractivity contribution is -0.137. The first kappa shape index (κ1) is 19.8. The van der Waals surface area contributed by atoms with E-state index in [1.54, 1.807) is 19.1 Å². The van der Waals surface area contributed by atoms with E-state index >= 15 is 0 Å². The molecule has 0 N–H and O–H groups in total. The van der Waals surface area contributed by atoms with Gasteiger partial charge in [0.2, 0.25) is 5.91 Å². The third-order valence-corrected chi connectivity index (χ3v) is 5.02. The van der Waals surface area contributed by atoms with E-state index in [1.807, 2.05) is 41.2 Å². The van der Waals surface area contributed by atoms with Gasteiger partial charge in [-0.05, 0) is 43.3 Å². The Morgan fingerprint density at radius 3 is 2.54 bits per heavy atom.